The van der Waals surface area contributed by atoms with Crippen molar-refractivity contribution in [2.75, 3.05) is 18.4 Å². The van der Waals surface area contributed by atoms with E-state index in [9.17, 15) is 9.59 Å². The molecule has 0 radical (unpaired) electrons. The third-order valence-corrected chi connectivity index (χ3v) is 4.54. The quantitative estimate of drug-likeness (QED) is 0.856. The second-order valence-corrected chi connectivity index (χ2v) is 7.04. The number of likely N-dealkylation sites (tertiary alicyclic amines) is 1. The van der Waals surface area contributed by atoms with Gasteiger partial charge >= 0.3 is 0 Å². The summed E-state index contributed by atoms with van der Waals surface area (Å²) in [5, 5.41) is 2.88. The summed E-state index contributed by atoms with van der Waals surface area (Å²) in [6, 6.07) is 14.2. The number of hydrogen-bond donors (Lipinski definition) is 1. The average molecular weight is 366 g/mol. The second-order valence-electron chi connectivity index (χ2n) is 7.04. The smallest absolute Gasteiger partial charge is 0.255 e. The molecule has 2 amide bonds. The number of hydrogen-bond acceptors (Lipinski definition) is 3. The topological polar surface area (TPSA) is 58.6 Å². The van der Waals surface area contributed by atoms with Crippen LogP contribution in [0.3, 0.4) is 0 Å². The minimum atomic E-state index is -0.245. The number of carbonyl (C=O) groups is 2. The predicted octanol–water partition coefficient (Wildman–Crippen LogP) is 4.35. The van der Waals surface area contributed by atoms with Crippen LogP contribution in [0.25, 0.3) is 0 Å². The van der Waals surface area contributed by atoms with Crippen LogP contribution in [0, 0.1) is 0 Å². The lowest BCUT2D eigenvalue weighted by atomic mass is 10.1. The molecule has 5 heteroatoms. The van der Waals surface area contributed by atoms with Crippen molar-refractivity contribution in [2.24, 2.45) is 0 Å². The predicted molar refractivity (Wildman–Crippen MR) is 106 cm³/mol. The van der Waals surface area contributed by atoms with Gasteiger partial charge in [0.25, 0.3) is 11.8 Å². The molecule has 27 heavy (non-hydrogen) atoms. The molecule has 1 N–H and O–H groups in total. The molecule has 1 aliphatic heterocycles. The zero-order valence-corrected chi connectivity index (χ0v) is 15.9. The van der Waals surface area contributed by atoms with E-state index in [0.29, 0.717) is 16.8 Å². The molecule has 1 fully saturated rings. The van der Waals surface area contributed by atoms with E-state index in [1.54, 1.807) is 36.4 Å². The summed E-state index contributed by atoms with van der Waals surface area (Å²) in [5.41, 5.74) is 1.60. The van der Waals surface area contributed by atoms with Crippen LogP contribution >= 0.6 is 0 Å². The van der Waals surface area contributed by atoms with Crippen LogP contribution in [0.4, 0.5) is 5.69 Å². The van der Waals surface area contributed by atoms with Gasteiger partial charge in [-0.25, -0.2) is 0 Å². The van der Waals surface area contributed by atoms with Crippen molar-refractivity contribution in [2.45, 2.75) is 39.2 Å². The van der Waals surface area contributed by atoms with Gasteiger partial charge < -0.3 is 15.0 Å². The van der Waals surface area contributed by atoms with Crippen molar-refractivity contribution < 1.29 is 14.3 Å². The molecular weight excluding hydrogens is 340 g/mol. The van der Waals surface area contributed by atoms with E-state index in [-0.39, 0.29) is 17.9 Å². The largest absolute Gasteiger partial charge is 0.491 e. The molecule has 1 heterocycles. The van der Waals surface area contributed by atoms with Crippen molar-refractivity contribution in [1.29, 1.82) is 0 Å². The molecule has 3 rings (SSSR count). The standard InChI is InChI=1S/C22H26N2O3/c1-16(2)27-18-12-10-17(11-13-18)21(25)23-20-9-5-4-8-19(20)22(26)24-14-6-3-7-15-24/h4-5,8-13,16H,3,6-7,14-15H2,1-2H3,(H,23,25). The van der Waals surface area contributed by atoms with Gasteiger partial charge in [0.1, 0.15) is 5.75 Å². The lowest BCUT2D eigenvalue weighted by Crippen LogP contribution is -2.36. The van der Waals surface area contributed by atoms with Crippen molar-refractivity contribution in [1.82, 2.24) is 4.90 Å². The Morgan fingerprint density at radius 3 is 2.30 bits per heavy atom. The normalized spacial score (nSPS) is 14.1. The van der Waals surface area contributed by atoms with Gasteiger partial charge in [-0.05, 0) is 69.5 Å². The number of piperidine rings is 1. The fraction of sp³-hybridized carbons (Fsp3) is 0.364. The lowest BCUT2D eigenvalue weighted by molar-refractivity contribution is 0.0725. The van der Waals surface area contributed by atoms with Gasteiger partial charge in [-0.3, -0.25) is 9.59 Å². The number of nitrogens with one attached hydrogen (secondary N) is 1. The first-order valence-corrected chi connectivity index (χ1v) is 9.51. The number of amides is 2. The van der Waals surface area contributed by atoms with Crippen LogP contribution in [-0.2, 0) is 0 Å². The summed E-state index contributed by atoms with van der Waals surface area (Å²) in [6.45, 7) is 5.46. The van der Waals surface area contributed by atoms with Gasteiger partial charge in [0.05, 0.1) is 17.4 Å². The van der Waals surface area contributed by atoms with E-state index >= 15 is 0 Å². The average Bonchev–Trinajstić information content (AvgIpc) is 2.68. The summed E-state index contributed by atoms with van der Waals surface area (Å²) in [7, 11) is 0. The number of para-hydroxylation sites is 1. The zero-order chi connectivity index (χ0) is 19.2. The van der Waals surface area contributed by atoms with Gasteiger partial charge in [-0.2, -0.15) is 0 Å². The van der Waals surface area contributed by atoms with Crippen molar-refractivity contribution in [3.05, 3.63) is 59.7 Å². The number of carbonyl (C=O) groups excluding carboxylic acids is 2. The van der Waals surface area contributed by atoms with E-state index in [2.05, 4.69) is 5.32 Å². The Morgan fingerprint density at radius 1 is 0.963 bits per heavy atom. The molecule has 0 aliphatic carbocycles. The van der Waals surface area contributed by atoms with Crippen LogP contribution in [-0.4, -0.2) is 35.9 Å². The van der Waals surface area contributed by atoms with E-state index in [1.165, 1.54) is 6.42 Å². The van der Waals surface area contributed by atoms with Crippen LogP contribution in [0.1, 0.15) is 53.8 Å². The Hall–Kier alpha value is -2.82. The van der Waals surface area contributed by atoms with Gasteiger partial charge in [-0.1, -0.05) is 12.1 Å². The van der Waals surface area contributed by atoms with Crippen LogP contribution in [0.15, 0.2) is 48.5 Å². The highest BCUT2D eigenvalue weighted by Gasteiger charge is 2.21. The van der Waals surface area contributed by atoms with Gasteiger partial charge in [0.2, 0.25) is 0 Å². The highest BCUT2D eigenvalue weighted by Crippen LogP contribution is 2.21. The Labute approximate surface area is 160 Å². The summed E-state index contributed by atoms with van der Waals surface area (Å²) in [6.07, 6.45) is 3.31. The van der Waals surface area contributed by atoms with Gasteiger partial charge in [0, 0.05) is 18.7 Å². The first-order chi connectivity index (χ1) is 13.0. The fourth-order valence-corrected chi connectivity index (χ4v) is 3.20. The molecule has 2 aromatic carbocycles. The maximum Gasteiger partial charge on any atom is 0.255 e. The molecule has 142 valence electrons. The number of ether oxygens (including phenoxy) is 1. The Bertz CT molecular complexity index is 793. The molecule has 0 atom stereocenters. The van der Waals surface area contributed by atoms with E-state index in [0.717, 1.165) is 31.7 Å². The maximum absolute atomic E-state index is 12.8. The summed E-state index contributed by atoms with van der Waals surface area (Å²) >= 11 is 0. The van der Waals surface area contributed by atoms with Crippen LogP contribution < -0.4 is 10.1 Å². The minimum Gasteiger partial charge on any atom is -0.491 e. The summed E-state index contributed by atoms with van der Waals surface area (Å²) in [4.78, 5) is 27.3. The van der Waals surface area contributed by atoms with Crippen LogP contribution in [0.5, 0.6) is 5.75 Å². The fourth-order valence-electron chi connectivity index (χ4n) is 3.20. The van der Waals surface area contributed by atoms with Crippen molar-refractivity contribution in [3.63, 3.8) is 0 Å². The van der Waals surface area contributed by atoms with E-state index in [1.807, 2.05) is 30.9 Å². The minimum absolute atomic E-state index is 0.0220. The zero-order valence-electron chi connectivity index (χ0n) is 15.9. The molecule has 2 aromatic rings. The molecule has 0 spiro atoms. The van der Waals surface area contributed by atoms with E-state index < -0.39 is 0 Å². The van der Waals surface area contributed by atoms with Crippen LogP contribution in [0.2, 0.25) is 0 Å². The molecule has 0 unspecified atom stereocenters. The third-order valence-electron chi connectivity index (χ3n) is 4.54. The number of benzene rings is 2. The molecule has 0 aromatic heterocycles. The SMILES string of the molecule is CC(C)Oc1ccc(C(=O)Nc2ccccc2C(=O)N2CCCCC2)cc1. The monoisotopic (exact) mass is 366 g/mol. The Kier molecular flexibility index (Phi) is 6.12. The van der Waals surface area contributed by atoms with Crippen molar-refractivity contribution in [3.8, 4) is 5.75 Å². The highest BCUT2D eigenvalue weighted by molar-refractivity contribution is 6.09. The summed E-state index contributed by atoms with van der Waals surface area (Å²) < 4.78 is 5.60. The maximum atomic E-state index is 12.8. The molecule has 0 bridgehead atoms. The first-order valence-electron chi connectivity index (χ1n) is 9.51. The third kappa shape index (κ3) is 4.88. The molecule has 1 saturated heterocycles. The molecule has 1 aliphatic rings. The highest BCUT2D eigenvalue weighted by atomic mass is 16.5. The number of rotatable bonds is 5. The Balaban J connectivity index is 1.73. The first kappa shape index (κ1) is 19.0. The van der Waals surface area contributed by atoms with Gasteiger partial charge in [0.15, 0.2) is 0 Å². The molecular formula is C22H26N2O3. The lowest BCUT2D eigenvalue weighted by Gasteiger charge is -2.27. The summed E-state index contributed by atoms with van der Waals surface area (Å²) in [5.74, 6) is 0.457. The Morgan fingerprint density at radius 2 is 1.63 bits per heavy atom. The number of nitrogens with zero attached hydrogens (tertiary/aromatic N) is 1. The van der Waals surface area contributed by atoms with Crippen molar-refractivity contribution >= 4 is 17.5 Å². The van der Waals surface area contributed by atoms with E-state index in [4.69, 9.17) is 4.74 Å². The number of anilines is 1. The van der Waals surface area contributed by atoms with Gasteiger partial charge in [-0.15, -0.1) is 0 Å². The molecule has 5 nitrogen and oxygen atoms in total. The second kappa shape index (κ2) is 8.71. The molecule has 0 saturated carbocycles.